The van der Waals surface area contributed by atoms with Crippen LogP contribution >= 0.6 is 0 Å². The number of carbonyl (C=O) groups excluding carboxylic acids is 2. The van der Waals surface area contributed by atoms with Crippen molar-refractivity contribution in [2.45, 2.75) is 65.7 Å². The molecule has 4 aliphatic rings. The highest BCUT2D eigenvalue weighted by Crippen LogP contribution is 2.65. The lowest BCUT2D eigenvalue weighted by Crippen LogP contribution is -2.52. The van der Waals surface area contributed by atoms with Crippen LogP contribution in [0.1, 0.15) is 65.7 Å². The third-order valence-corrected chi connectivity index (χ3v) is 7.98. The zero-order chi connectivity index (χ0) is 16.4. The maximum Gasteiger partial charge on any atom is 0.159 e. The first-order valence-corrected chi connectivity index (χ1v) is 9.34. The summed E-state index contributed by atoms with van der Waals surface area (Å²) in [6, 6.07) is 0. The Bertz CT molecular complexity index is 640. The molecule has 4 aliphatic carbocycles. The molecule has 0 N–H and O–H groups in total. The molecule has 23 heavy (non-hydrogen) atoms. The molecular formula is C21H28O2. The van der Waals surface area contributed by atoms with Gasteiger partial charge in [-0.05, 0) is 73.7 Å². The molecule has 0 aliphatic heterocycles. The van der Waals surface area contributed by atoms with Gasteiger partial charge in [-0.2, -0.15) is 0 Å². The predicted octanol–water partition coefficient (Wildman–Crippen LogP) is 4.64. The Balaban J connectivity index is 1.75. The van der Waals surface area contributed by atoms with E-state index in [0.717, 1.165) is 12.0 Å². The summed E-state index contributed by atoms with van der Waals surface area (Å²) < 4.78 is 0. The van der Waals surface area contributed by atoms with E-state index in [4.69, 9.17) is 0 Å². The Morgan fingerprint density at radius 3 is 2.52 bits per heavy atom. The highest BCUT2D eigenvalue weighted by Gasteiger charge is 2.59. The third kappa shape index (κ3) is 1.93. The largest absolute Gasteiger partial charge is 0.295 e. The van der Waals surface area contributed by atoms with E-state index in [9.17, 15) is 9.59 Å². The van der Waals surface area contributed by atoms with Gasteiger partial charge in [0.15, 0.2) is 11.6 Å². The number of carbonyl (C=O) groups is 2. The van der Waals surface area contributed by atoms with Crippen molar-refractivity contribution in [3.05, 3.63) is 23.3 Å². The minimum absolute atomic E-state index is 0.0477. The molecular weight excluding hydrogens is 284 g/mol. The molecule has 0 aromatic rings. The van der Waals surface area contributed by atoms with Crippen LogP contribution in [0.2, 0.25) is 0 Å². The summed E-state index contributed by atoms with van der Waals surface area (Å²) in [5, 5.41) is 0. The molecule has 2 heteroatoms. The summed E-state index contributed by atoms with van der Waals surface area (Å²) in [5.74, 6) is 2.19. The summed E-state index contributed by atoms with van der Waals surface area (Å²) in [6.45, 7) is 6.89. The van der Waals surface area contributed by atoms with Crippen LogP contribution in [0.5, 0.6) is 0 Å². The van der Waals surface area contributed by atoms with Gasteiger partial charge in [-0.15, -0.1) is 0 Å². The Kier molecular flexibility index (Phi) is 3.28. The fourth-order valence-electron chi connectivity index (χ4n) is 6.71. The highest BCUT2D eigenvalue weighted by molar-refractivity contribution is 6.05. The Hall–Kier alpha value is -1.18. The smallest absolute Gasteiger partial charge is 0.159 e. The molecule has 0 aromatic carbocycles. The SMILES string of the molecule is C/C=C1/CCC2C3CC(=O)C4=CC(=O)CC[C@]4(C)C3CC[C@]12C. The summed E-state index contributed by atoms with van der Waals surface area (Å²) in [4.78, 5) is 24.7. The van der Waals surface area contributed by atoms with Crippen molar-refractivity contribution in [2.75, 3.05) is 0 Å². The lowest BCUT2D eigenvalue weighted by molar-refractivity contribution is -0.129. The second-order valence-electron chi connectivity index (χ2n) is 8.75. The van der Waals surface area contributed by atoms with E-state index in [1.807, 2.05) is 0 Å². The quantitative estimate of drug-likeness (QED) is 0.610. The fraction of sp³-hybridized carbons (Fsp3) is 0.714. The van der Waals surface area contributed by atoms with Gasteiger partial charge in [0.2, 0.25) is 0 Å². The molecule has 3 fully saturated rings. The summed E-state index contributed by atoms with van der Waals surface area (Å²) in [7, 11) is 0. The average molecular weight is 312 g/mol. The highest BCUT2D eigenvalue weighted by atomic mass is 16.1. The second kappa shape index (κ2) is 4.91. The molecule has 2 nitrogen and oxygen atoms in total. The maximum atomic E-state index is 12.8. The summed E-state index contributed by atoms with van der Waals surface area (Å²) >= 11 is 0. The van der Waals surface area contributed by atoms with Crippen molar-refractivity contribution >= 4 is 11.6 Å². The van der Waals surface area contributed by atoms with Crippen molar-refractivity contribution in [1.29, 1.82) is 0 Å². The molecule has 124 valence electrons. The van der Waals surface area contributed by atoms with Crippen LogP contribution in [0, 0.1) is 28.6 Å². The third-order valence-electron chi connectivity index (χ3n) is 7.98. The number of fused-ring (bicyclic) bond motifs is 5. The monoisotopic (exact) mass is 312 g/mol. The number of hydrogen-bond acceptors (Lipinski definition) is 2. The summed E-state index contributed by atoms with van der Waals surface area (Å²) in [6.07, 6.45) is 11.1. The van der Waals surface area contributed by atoms with Gasteiger partial charge in [0, 0.05) is 18.4 Å². The van der Waals surface area contributed by atoms with Gasteiger partial charge in [-0.1, -0.05) is 25.5 Å². The van der Waals surface area contributed by atoms with Crippen LogP contribution in [-0.2, 0) is 9.59 Å². The van der Waals surface area contributed by atoms with Crippen molar-refractivity contribution in [2.24, 2.45) is 28.6 Å². The van der Waals surface area contributed by atoms with Crippen LogP contribution in [0.25, 0.3) is 0 Å². The molecule has 0 aromatic heterocycles. The lowest BCUT2D eigenvalue weighted by Gasteiger charge is -2.56. The normalized spacial score (nSPS) is 47.9. The van der Waals surface area contributed by atoms with Gasteiger partial charge < -0.3 is 0 Å². The van der Waals surface area contributed by atoms with Crippen LogP contribution in [0.4, 0.5) is 0 Å². The van der Waals surface area contributed by atoms with Crippen LogP contribution in [0.15, 0.2) is 23.3 Å². The molecule has 0 radical (unpaired) electrons. The van der Waals surface area contributed by atoms with Gasteiger partial charge in [-0.25, -0.2) is 0 Å². The molecule has 3 saturated carbocycles. The van der Waals surface area contributed by atoms with Crippen molar-refractivity contribution in [3.8, 4) is 0 Å². The minimum atomic E-state index is -0.0477. The fourth-order valence-corrected chi connectivity index (χ4v) is 6.71. The second-order valence-corrected chi connectivity index (χ2v) is 8.75. The maximum absolute atomic E-state index is 12.8. The van der Waals surface area contributed by atoms with Crippen LogP contribution in [-0.4, -0.2) is 11.6 Å². The molecule has 0 saturated heterocycles. The van der Waals surface area contributed by atoms with Crippen LogP contribution in [0.3, 0.4) is 0 Å². The van der Waals surface area contributed by atoms with E-state index in [1.54, 1.807) is 11.6 Å². The van der Waals surface area contributed by atoms with E-state index in [0.29, 0.717) is 36.0 Å². The van der Waals surface area contributed by atoms with Crippen molar-refractivity contribution < 1.29 is 9.59 Å². The lowest BCUT2D eigenvalue weighted by atomic mass is 9.47. The number of rotatable bonds is 0. The Labute approximate surface area is 139 Å². The first-order valence-electron chi connectivity index (χ1n) is 9.34. The van der Waals surface area contributed by atoms with Gasteiger partial charge in [0.25, 0.3) is 0 Å². The Morgan fingerprint density at radius 2 is 1.78 bits per heavy atom. The standard InChI is InChI=1S/C21H28O2/c1-4-13-5-6-16-15-12-19(23)18-11-14(22)7-9-21(18,3)17(15)8-10-20(13,16)2/h4,11,15-17H,5-10,12H2,1-3H3/b13-4-/t15?,16?,17?,20-,21-/m1/s1. The zero-order valence-corrected chi connectivity index (χ0v) is 14.7. The molecule has 0 spiro atoms. The first-order chi connectivity index (χ1) is 10.9. The molecule has 0 bridgehead atoms. The molecule has 0 heterocycles. The summed E-state index contributed by atoms with van der Waals surface area (Å²) in [5.41, 5.74) is 2.76. The van der Waals surface area contributed by atoms with E-state index in [1.165, 1.54) is 25.7 Å². The average Bonchev–Trinajstić information content (AvgIpc) is 2.86. The number of ketones is 2. The topological polar surface area (TPSA) is 34.1 Å². The van der Waals surface area contributed by atoms with E-state index in [2.05, 4.69) is 26.8 Å². The first kappa shape index (κ1) is 15.4. The van der Waals surface area contributed by atoms with E-state index in [-0.39, 0.29) is 17.0 Å². The molecule has 5 atom stereocenters. The van der Waals surface area contributed by atoms with Gasteiger partial charge in [0.05, 0.1) is 0 Å². The molecule has 3 unspecified atom stereocenters. The van der Waals surface area contributed by atoms with E-state index >= 15 is 0 Å². The Morgan fingerprint density at radius 1 is 1.04 bits per heavy atom. The molecule has 4 rings (SSSR count). The number of allylic oxidation sites excluding steroid dienone is 3. The van der Waals surface area contributed by atoms with Gasteiger partial charge in [0.1, 0.15) is 0 Å². The predicted molar refractivity (Wildman–Crippen MR) is 90.9 cm³/mol. The van der Waals surface area contributed by atoms with E-state index < -0.39 is 0 Å². The van der Waals surface area contributed by atoms with Crippen molar-refractivity contribution in [3.63, 3.8) is 0 Å². The zero-order valence-electron chi connectivity index (χ0n) is 14.7. The number of Topliss-reactive ketones (excluding diaryl/α,β-unsaturated/α-hetero) is 1. The van der Waals surface area contributed by atoms with Gasteiger partial charge in [-0.3, -0.25) is 9.59 Å². The van der Waals surface area contributed by atoms with Crippen molar-refractivity contribution in [1.82, 2.24) is 0 Å². The van der Waals surface area contributed by atoms with Gasteiger partial charge >= 0.3 is 0 Å². The number of hydrogen-bond donors (Lipinski definition) is 0. The minimum Gasteiger partial charge on any atom is -0.295 e. The van der Waals surface area contributed by atoms with Crippen LogP contribution < -0.4 is 0 Å². The molecule has 0 amide bonds.